The van der Waals surface area contributed by atoms with Crippen molar-refractivity contribution in [2.75, 3.05) is 13.2 Å². The Hall–Kier alpha value is -1.85. The normalized spacial score (nSPS) is 10.5. The van der Waals surface area contributed by atoms with Crippen LogP contribution in [0.25, 0.3) is 0 Å². The number of nitrogens with zero attached hydrogens (tertiary/aromatic N) is 2. The quantitative estimate of drug-likeness (QED) is 0.754. The minimum absolute atomic E-state index is 0.0000784. The maximum atomic E-state index is 11.5. The molecule has 0 aliphatic heterocycles. The maximum absolute atomic E-state index is 11.5. The summed E-state index contributed by atoms with van der Waals surface area (Å²) in [5, 5.41) is 2.84. The van der Waals surface area contributed by atoms with Gasteiger partial charge >= 0.3 is 5.97 Å². The number of esters is 1. The second-order valence-electron chi connectivity index (χ2n) is 4.67. The van der Waals surface area contributed by atoms with Crippen LogP contribution >= 0.6 is 0 Å². The van der Waals surface area contributed by atoms with Gasteiger partial charge in [-0.2, -0.15) is 0 Å². The van der Waals surface area contributed by atoms with Crippen molar-refractivity contribution in [1.29, 1.82) is 0 Å². The van der Waals surface area contributed by atoms with Crippen LogP contribution in [0.1, 0.15) is 37.7 Å². The second kappa shape index (κ2) is 7.56. The number of ether oxygens (including phenoxy) is 1. The Bertz CT molecular complexity index is 427. The molecule has 1 aromatic rings. The van der Waals surface area contributed by atoms with Gasteiger partial charge in [0.05, 0.1) is 12.9 Å². The minimum atomic E-state index is -0.439. The zero-order valence-electron chi connectivity index (χ0n) is 11.7. The number of imidazole rings is 1. The lowest BCUT2D eigenvalue weighted by molar-refractivity contribution is -0.121. The van der Waals surface area contributed by atoms with E-state index in [1.807, 2.05) is 13.8 Å². The molecule has 1 amide bonds. The molecule has 1 heterocycles. The van der Waals surface area contributed by atoms with Gasteiger partial charge in [0, 0.05) is 25.7 Å². The Kier molecular flexibility index (Phi) is 6.05. The van der Waals surface area contributed by atoms with Crippen LogP contribution in [-0.2, 0) is 16.1 Å². The lowest BCUT2D eigenvalue weighted by Crippen LogP contribution is -2.27. The van der Waals surface area contributed by atoms with Gasteiger partial charge in [-0.1, -0.05) is 13.8 Å². The first-order chi connectivity index (χ1) is 9.02. The summed E-state index contributed by atoms with van der Waals surface area (Å²) in [6.45, 7) is 7.33. The second-order valence-corrected chi connectivity index (χ2v) is 4.67. The molecule has 1 rings (SSSR count). The van der Waals surface area contributed by atoms with Crippen LogP contribution in [0.15, 0.2) is 12.5 Å². The average Bonchev–Trinajstić information content (AvgIpc) is 2.83. The largest absolute Gasteiger partial charge is 0.461 e. The number of amides is 1. The number of carbonyl (C=O) groups excluding carboxylic acids is 2. The summed E-state index contributed by atoms with van der Waals surface area (Å²) < 4.78 is 6.55. The topological polar surface area (TPSA) is 73.2 Å². The van der Waals surface area contributed by atoms with E-state index in [1.165, 1.54) is 6.33 Å². The fourth-order valence-corrected chi connectivity index (χ4v) is 1.43. The molecule has 0 atom stereocenters. The fraction of sp³-hybridized carbons (Fsp3) is 0.615. The standard InChI is InChI=1S/C13H21N3O3/c1-4-19-13(18)11-8-16(9-15-11)6-5-12(17)14-7-10(2)3/h8-10H,4-7H2,1-3H3,(H,14,17). The summed E-state index contributed by atoms with van der Waals surface area (Å²) in [7, 11) is 0. The zero-order valence-corrected chi connectivity index (χ0v) is 11.7. The predicted octanol–water partition coefficient (Wildman–Crippen LogP) is 1.22. The molecular formula is C13H21N3O3. The third-order valence-electron chi connectivity index (χ3n) is 2.42. The van der Waals surface area contributed by atoms with Gasteiger partial charge in [0.2, 0.25) is 5.91 Å². The van der Waals surface area contributed by atoms with Gasteiger partial charge in [-0.3, -0.25) is 4.79 Å². The molecule has 0 aliphatic rings. The highest BCUT2D eigenvalue weighted by Crippen LogP contribution is 2.00. The average molecular weight is 267 g/mol. The highest BCUT2D eigenvalue weighted by atomic mass is 16.5. The summed E-state index contributed by atoms with van der Waals surface area (Å²) in [5.41, 5.74) is 0.268. The van der Waals surface area contributed by atoms with E-state index in [0.29, 0.717) is 32.0 Å². The first-order valence-corrected chi connectivity index (χ1v) is 6.48. The van der Waals surface area contributed by atoms with Crippen LogP contribution in [-0.4, -0.2) is 34.6 Å². The highest BCUT2D eigenvalue weighted by Gasteiger charge is 2.10. The number of carbonyl (C=O) groups is 2. The third kappa shape index (κ3) is 5.54. The van der Waals surface area contributed by atoms with E-state index in [-0.39, 0.29) is 11.6 Å². The van der Waals surface area contributed by atoms with Crippen LogP contribution in [0.4, 0.5) is 0 Å². The van der Waals surface area contributed by atoms with Gasteiger partial charge in [0.1, 0.15) is 0 Å². The Morgan fingerprint density at radius 1 is 1.47 bits per heavy atom. The van der Waals surface area contributed by atoms with Crippen molar-refractivity contribution in [3.63, 3.8) is 0 Å². The van der Waals surface area contributed by atoms with Crippen molar-refractivity contribution >= 4 is 11.9 Å². The summed E-state index contributed by atoms with van der Waals surface area (Å²) in [4.78, 5) is 26.9. The van der Waals surface area contributed by atoms with E-state index in [2.05, 4.69) is 10.3 Å². The first kappa shape index (κ1) is 15.2. The lowest BCUT2D eigenvalue weighted by atomic mass is 10.2. The monoisotopic (exact) mass is 267 g/mol. The summed E-state index contributed by atoms with van der Waals surface area (Å²) in [6.07, 6.45) is 3.49. The van der Waals surface area contributed by atoms with E-state index in [4.69, 9.17) is 4.74 Å². The molecule has 0 saturated carbocycles. The lowest BCUT2D eigenvalue weighted by Gasteiger charge is -2.07. The Morgan fingerprint density at radius 2 is 2.21 bits per heavy atom. The Labute approximate surface area is 113 Å². The molecule has 1 N–H and O–H groups in total. The SMILES string of the molecule is CCOC(=O)c1cn(CCC(=O)NCC(C)C)cn1. The molecule has 1 aromatic heterocycles. The Morgan fingerprint density at radius 3 is 2.84 bits per heavy atom. The highest BCUT2D eigenvalue weighted by molar-refractivity contribution is 5.86. The third-order valence-corrected chi connectivity index (χ3v) is 2.42. The molecule has 0 bridgehead atoms. The summed E-state index contributed by atoms with van der Waals surface area (Å²) in [5.74, 6) is -0.00166. The number of aromatic nitrogens is 2. The van der Waals surface area contributed by atoms with Crippen LogP contribution in [0.2, 0.25) is 0 Å². The first-order valence-electron chi connectivity index (χ1n) is 6.48. The Balaban J connectivity index is 2.37. The van der Waals surface area contributed by atoms with Gasteiger partial charge in [0.15, 0.2) is 5.69 Å². The van der Waals surface area contributed by atoms with Crippen LogP contribution in [0.3, 0.4) is 0 Å². The maximum Gasteiger partial charge on any atom is 0.358 e. The molecule has 6 nitrogen and oxygen atoms in total. The number of hydrogen-bond donors (Lipinski definition) is 1. The molecule has 6 heteroatoms. The van der Waals surface area contributed by atoms with E-state index in [0.717, 1.165) is 0 Å². The van der Waals surface area contributed by atoms with Gasteiger partial charge < -0.3 is 14.6 Å². The molecule has 0 unspecified atom stereocenters. The summed E-state index contributed by atoms with van der Waals surface area (Å²) >= 11 is 0. The molecule has 0 radical (unpaired) electrons. The van der Waals surface area contributed by atoms with Crippen LogP contribution in [0, 0.1) is 5.92 Å². The number of hydrogen-bond acceptors (Lipinski definition) is 4. The fourth-order valence-electron chi connectivity index (χ4n) is 1.43. The van der Waals surface area contributed by atoms with Crippen molar-refractivity contribution in [3.05, 3.63) is 18.2 Å². The van der Waals surface area contributed by atoms with Gasteiger partial charge in [-0.15, -0.1) is 0 Å². The van der Waals surface area contributed by atoms with Gasteiger partial charge in [-0.05, 0) is 12.8 Å². The number of rotatable bonds is 7. The van der Waals surface area contributed by atoms with E-state index in [9.17, 15) is 9.59 Å². The molecule has 0 aliphatic carbocycles. The number of nitrogens with one attached hydrogen (secondary N) is 1. The van der Waals surface area contributed by atoms with Crippen LogP contribution in [0.5, 0.6) is 0 Å². The molecule has 0 saturated heterocycles. The molecule has 19 heavy (non-hydrogen) atoms. The van der Waals surface area contributed by atoms with E-state index >= 15 is 0 Å². The van der Waals surface area contributed by atoms with Crippen molar-refractivity contribution < 1.29 is 14.3 Å². The molecular weight excluding hydrogens is 246 g/mol. The molecule has 0 aromatic carbocycles. The van der Waals surface area contributed by atoms with Crippen LogP contribution < -0.4 is 5.32 Å². The number of aryl methyl sites for hydroxylation is 1. The van der Waals surface area contributed by atoms with Gasteiger partial charge in [-0.25, -0.2) is 9.78 Å². The zero-order chi connectivity index (χ0) is 14.3. The van der Waals surface area contributed by atoms with Gasteiger partial charge in [0.25, 0.3) is 0 Å². The van der Waals surface area contributed by atoms with Crippen molar-refractivity contribution in [1.82, 2.24) is 14.9 Å². The minimum Gasteiger partial charge on any atom is -0.461 e. The molecule has 0 fully saturated rings. The van der Waals surface area contributed by atoms with E-state index in [1.54, 1.807) is 17.7 Å². The predicted molar refractivity (Wildman–Crippen MR) is 70.6 cm³/mol. The molecule has 106 valence electrons. The van der Waals surface area contributed by atoms with Crippen molar-refractivity contribution in [2.45, 2.75) is 33.7 Å². The van der Waals surface area contributed by atoms with Crippen molar-refractivity contribution in [3.8, 4) is 0 Å². The van der Waals surface area contributed by atoms with Crippen molar-refractivity contribution in [2.24, 2.45) is 5.92 Å². The summed E-state index contributed by atoms with van der Waals surface area (Å²) in [6, 6.07) is 0. The van der Waals surface area contributed by atoms with E-state index < -0.39 is 5.97 Å². The molecule has 0 spiro atoms. The smallest absolute Gasteiger partial charge is 0.358 e.